The Bertz CT molecular complexity index is 914. The standard InChI is InChI=1S/C23H27N3OS/c1-23(2,3)28-17-21(27)25(4)15-19-16-26(20-13-9-6-10-14-20)24-22(19)18-11-7-5-8-12-18/h5-14,16H,15,17H2,1-4H3. The Labute approximate surface area is 171 Å². The Balaban J connectivity index is 1.86. The molecule has 0 unspecified atom stereocenters. The van der Waals surface area contributed by atoms with Crippen LogP contribution in [-0.4, -0.2) is 38.1 Å². The molecule has 0 N–H and O–H groups in total. The summed E-state index contributed by atoms with van der Waals surface area (Å²) in [5.74, 6) is 0.611. The monoisotopic (exact) mass is 393 g/mol. The number of thioether (sulfide) groups is 1. The Morgan fingerprint density at radius 2 is 1.64 bits per heavy atom. The van der Waals surface area contributed by atoms with E-state index in [1.165, 1.54) is 0 Å². The largest absolute Gasteiger partial charge is 0.341 e. The van der Waals surface area contributed by atoms with Crippen LogP contribution in [0.5, 0.6) is 0 Å². The number of carbonyl (C=O) groups is 1. The molecule has 28 heavy (non-hydrogen) atoms. The summed E-state index contributed by atoms with van der Waals surface area (Å²) in [7, 11) is 1.86. The van der Waals surface area contributed by atoms with Gasteiger partial charge in [-0.05, 0) is 12.1 Å². The molecule has 0 aliphatic heterocycles. The highest BCUT2D eigenvalue weighted by molar-refractivity contribution is 8.01. The van der Waals surface area contributed by atoms with Gasteiger partial charge in [-0.25, -0.2) is 4.68 Å². The fraction of sp³-hybridized carbons (Fsp3) is 0.304. The summed E-state index contributed by atoms with van der Waals surface area (Å²) < 4.78 is 1.96. The lowest BCUT2D eigenvalue weighted by molar-refractivity contribution is -0.127. The molecule has 0 atom stereocenters. The minimum Gasteiger partial charge on any atom is -0.341 e. The van der Waals surface area contributed by atoms with Crippen molar-refractivity contribution in [3.63, 3.8) is 0 Å². The normalized spacial score (nSPS) is 11.4. The van der Waals surface area contributed by atoms with Gasteiger partial charge >= 0.3 is 0 Å². The highest BCUT2D eigenvalue weighted by Crippen LogP contribution is 2.26. The number of nitrogens with zero attached hydrogens (tertiary/aromatic N) is 3. The fourth-order valence-electron chi connectivity index (χ4n) is 2.81. The van der Waals surface area contributed by atoms with E-state index in [9.17, 15) is 4.79 Å². The van der Waals surface area contributed by atoms with Crippen molar-refractivity contribution in [3.8, 4) is 16.9 Å². The molecule has 3 aromatic rings. The molecule has 0 fully saturated rings. The quantitative estimate of drug-likeness (QED) is 0.589. The Hall–Kier alpha value is -2.53. The Morgan fingerprint density at radius 1 is 1.04 bits per heavy atom. The van der Waals surface area contributed by atoms with E-state index in [2.05, 4.69) is 32.9 Å². The van der Waals surface area contributed by atoms with E-state index >= 15 is 0 Å². The van der Waals surface area contributed by atoms with Gasteiger partial charge < -0.3 is 4.90 Å². The van der Waals surface area contributed by atoms with Crippen LogP contribution in [-0.2, 0) is 11.3 Å². The molecule has 0 radical (unpaired) electrons. The first-order chi connectivity index (χ1) is 13.3. The van der Waals surface area contributed by atoms with Crippen LogP contribution in [0.15, 0.2) is 66.9 Å². The molecule has 0 saturated heterocycles. The summed E-state index contributed by atoms with van der Waals surface area (Å²) in [6.45, 7) is 6.91. The van der Waals surface area contributed by atoms with E-state index in [0.717, 1.165) is 22.5 Å². The first kappa shape index (κ1) is 20.2. The summed E-state index contributed by atoms with van der Waals surface area (Å²) in [6, 6.07) is 20.2. The number of aromatic nitrogens is 2. The number of para-hydroxylation sites is 1. The molecule has 0 spiro atoms. The Kier molecular flexibility index (Phi) is 6.25. The minimum absolute atomic E-state index is 0.0733. The number of amides is 1. The zero-order chi connectivity index (χ0) is 20.1. The zero-order valence-corrected chi connectivity index (χ0v) is 17.7. The third kappa shape index (κ3) is 5.26. The molecule has 0 aliphatic rings. The molecule has 3 rings (SSSR count). The fourth-order valence-corrected chi connectivity index (χ4v) is 3.59. The average molecular weight is 394 g/mol. The first-order valence-corrected chi connectivity index (χ1v) is 10.4. The molecule has 146 valence electrons. The maximum atomic E-state index is 12.6. The molecule has 0 bridgehead atoms. The molecular weight excluding hydrogens is 366 g/mol. The van der Waals surface area contributed by atoms with Crippen LogP contribution in [0.3, 0.4) is 0 Å². The van der Waals surface area contributed by atoms with Crippen LogP contribution < -0.4 is 0 Å². The second-order valence-corrected chi connectivity index (χ2v) is 9.60. The average Bonchev–Trinajstić information content (AvgIpc) is 3.10. The summed E-state index contributed by atoms with van der Waals surface area (Å²) in [6.07, 6.45) is 2.03. The van der Waals surface area contributed by atoms with Gasteiger partial charge in [0.15, 0.2) is 0 Å². The van der Waals surface area contributed by atoms with E-state index in [1.54, 1.807) is 16.7 Å². The van der Waals surface area contributed by atoms with Crippen LogP contribution in [0.2, 0.25) is 0 Å². The van der Waals surface area contributed by atoms with E-state index in [1.807, 2.05) is 66.5 Å². The topological polar surface area (TPSA) is 38.1 Å². The van der Waals surface area contributed by atoms with Crippen molar-refractivity contribution >= 4 is 17.7 Å². The maximum Gasteiger partial charge on any atom is 0.232 e. The third-order valence-electron chi connectivity index (χ3n) is 4.32. The molecule has 0 aliphatic carbocycles. The van der Waals surface area contributed by atoms with Gasteiger partial charge in [-0.15, -0.1) is 11.8 Å². The maximum absolute atomic E-state index is 12.6. The predicted octanol–water partition coefficient (Wildman–Crippen LogP) is 5.03. The van der Waals surface area contributed by atoms with Gasteiger partial charge in [-0.1, -0.05) is 69.3 Å². The van der Waals surface area contributed by atoms with Gasteiger partial charge in [0.05, 0.1) is 17.1 Å². The van der Waals surface area contributed by atoms with Gasteiger partial charge in [0.25, 0.3) is 0 Å². The summed E-state index contributed by atoms with van der Waals surface area (Å²) in [4.78, 5) is 14.4. The van der Waals surface area contributed by atoms with Crippen molar-refractivity contribution in [2.24, 2.45) is 0 Å². The van der Waals surface area contributed by atoms with Crippen LogP contribution in [0.25, 0.3) is 16.9 Å². The molecule has 1 aromatic heterocycles. The molecule has 1 heterocycles. The molecular formula is C23H27N3OS. The lowest BCUT2D eigenvalue weighted by Crippen LogP contribution is -2.29. The lowest BCUT2D eigenvalue weighted by Gasteiger charge is -2.21. The second kappa shape index (κ2) is 8.65. The Morgan fingerprint density at radius 3 is 2.25 bits per heavy atom. The van der Waals surface area contributed by atoms with Crippen molar-refractivity contribution < 1.29 is 4.79 Å². The van der Waals surface area contributed by atoms with Gasteiger partial charge in [-0.3, -0.25) is 4.79 Å². The van der Waals surface area contributed by atoms with Gasteiger partial charge in [0, 0.05) is 35.7 Å². The molecule has 4 nitrogen and oxygen atoms in total. The number of hydrogen-bond donors (Lipinski definition) is 0. The third-order valence-corrected chi connectivity index (χ3v) is 5.58. The van der Waals surface area contributed by atoms with Gasteiger partial charge in [0.1, 0.15) is 0 Å². The lowest BCUT2D eigenvalue weighted by atomic mass is 10.1. The smallest absolute Gasteiger partial charge is 0.232 e. The number of benzene rings is 2. The van der Waals surface area contributed by atoms with E-state index < -0.39 is 0 Å². The van der Waals surface area contributed by atoms with Crippen molar-refractivity contribution in [2.45, 2.75) is 32.1 Å². The van der Waals surface area contributed by atoms with E-state index in [4.69, 9.17) is 5.10 Å². The highest BCUT2D eigenvalue weighted by Gasteiger charge is 2.19. The number of rotatable bonds is 6. The second-order valence-electron chi connectivity index (χ2n) is 7.80. The van der Waals surface area contributed by atoms with Crippen LogP contribution in [0, 0.1) is 0 Å². The van der Waals surface area contributed by atoms with Crippen molar-refractivity contribution in [1.82, 2.24) is 14.7 Å². The van der Waals surface area contributed by atoms with Crippen LogP contribution in [0.1, 0.15) is 26.3 Å². The molecule has 5 heteroatoms. The van der Waals surface area contributed by atoms with Crippen molar-refractivity contribution in [1.29, 1.82) is 0 Å². The molecule has 0 saturated carbocycles. The summed E-state index contributed by atoms with van der Waals surface area (Å²) in [5.41, 5.74) is 4.00. The first-order valence-electron chi connectivity index (χ1n) is 9.41. The SMILES string of the molecule is CN(Cc1cn(-c2ccccc2)nc1-c1ccccc1)C(=O)CSC(C)(C)C. The van der Waals surface area contributed by atoms with Crippen molar-refractivity contribution in [3.05, 3.63) is 72.4 Å². The minimum atomic E-state index is 0.0733. The predicted molar refractivity (Wildman–Crippen MR) is 118 cm³/mol. The van der Waals surface area contributed by atoms with Crippen molar-refractivity contribution in [2.75, 3.05) is 12.8 Å². The van der Waals surface area contributed by atoms with Crippen LogP contribution >= 0.6 is 11.8 Å². The molecule has 1 amide bonds. The summed E-state index contributed by atoms with van der Waals surface area (Å²) >= 11 is 1.67. The number of hydrogen-bond acceptors (Lipinski definition) is 3. The van der Waals surface area contributed by atoms with E-state index in [0.29, 0.717) is 12.3 Å². The van der Waals surface area contributed by atoms with Gasteiger partial charge in [0.2, 0.25) is 5.91 Å². The zero-order valence-electron chi connectivity index (χ0n) is 16.9. The van der Waals surface area contributed by atoms with Crippen LogP contribution in [0.4, 0.5) is 0 Å². The van der Waals surface area contributed by atoms with E-state index in [-0.39, 0.29) is 10.7 Å². The van der Waals surface area contributed by atoms with Gasteiger partial charge in [-0.2, -0.15) is 5.10 Å². The molecule has 2 aromatic carbocycles. The number of carbonyl (C=O) groups excluding carboxylic acids is 1. The summed E-state index contributed by atoms with van der Waals surface area (Å²) in [5, 5.41) is 4.82. The highest BCUT2D eigenvalue weighted by atomic mass is 32.2.